The summed E-state index contributed by atoms with van der Waals surface area (Å²) in [4.78, 5) is 6.06. The van der Waals surface area contributed by atoms with Crippen molar-refractivity contribution in [1.82, 2.24) is 4.98 Å². The first-order valence-electron chi connectivity index (χ1n) is 13.6. The van der Waals surface area contributed by atoms with Crippen LogP contribution >= 0.6 is 11.3 Å². The van der Waals surface area contributed by atoms with Crippen molar-refractivity contribution in [1.29, 1.82) is 0 Å². The number of halogens is 3. The van der Waals surface area contributed by atoms with Crippen LogP contribution in [-0.4, -0.2) is 11.2 Å². The van der Waals surface area contributed by atoms with Crippen LogP contribution in [0.1, 0.15) is 55.9 Å². The molecule has 0 aliphatic heterocycles. The topological polar surface area (TPSA) is 12.9 Å². The van der Waals surface area contributed by atoms with E-state index in [1.54, 1.807) is 23.5 Å². The third-order valence-electron chi connectivity index (χ3n) is 7.56. The summed E-state index contributed by atoms with van der Waals surface area (Å²) in [5.41, 5.74) is 8.05. The zero-order valence-corrected chi connectivity index (χ0v) is 24.6. The van der Waals surface area contributed by atoms with E-state index in [0.717, 1.165) is 27.9 Å². The van der Waals surface area contributed by atoms with Crippen LogP contribution in [0.4, 0.5) is 13.2 Å². The SMILES string of the molecule is Cc1cc(C)cc(-c2nccc3c(C(C)C)c(-c4ccc(-c5ccc(CC(C)(C)C(F)(F)F)cc5)cc4)sc23)c1. The van der Waals surface area contributed by atoms with E-state index in [2.05, 4.69) is 76.2 Å². The van der Waals surface area contributed by atoms with Crippen molar-refractivity contribution in [2.24, 2.45) is 5.41 Å². The summed E-state index contributed by atoms with van der Waals surface area (Å²) in [6, 6.07) is 24.7. The molecule has 0 aliphatic rings. The first kappa shape index (κ1) is 28.1. The van der Waals surface area contributed by atoms with Crippen molar-refractivity contribution >= 4 is 21.4 Å². The Morgan fingerprint density at radius 3 is 1.85 bits per heavy atom. The molecule has 5 aromatic rings. The second-order valence-corrected chi connectivity index (χ2v) is 12.8. The second-order valence-electron chi connectivity index (χ2n) is 11.7. The molecule has 5 rings (SSSR count). The number of alkyl halides is 3. The third kappa shape index (κ3) is 5.44. The van der Waals surface area contributed by atoms with Gasteiger partial charge in [-0.25, -0.2) is 0 Å². The fraction of sp³-hybridized carbons (Fsp3) is 0.286. The monoisotopic (exact) mass is 557 g/mol. The molecule has 3 aromatic carbocycles. The van der Waals surface area contributed by atoms with Crippen LogP contribution in [0.15, 0.2) is 79.0 Å². The van der Waals surface area contributed by atoms with Gasteiger partial charge in [0.1, 0.15) is 0 Å². The van der Waals surface area contributed by atoms with Crippen molar-refractivity contribution in [3.8, 4) is 32.8 Å². The maximum absolute atomic E-state index is 13.3. The molecule has 2 aromatic heterocycles. The molecule has 0 N–H and O–H groups in total. The Morgan fingerprint density at radius 1 is 0.750 bits per heavy atom. The molecule has 40 heavy (non-hydrogen) atoms. The van der Waals surface area contributed by atoms with Crippen LogP contribution in [0.5, 0.6) is 0 Å². The smallest absolute Gasteiger partial charge is 0.255 e. The standard InChI is InChI=1S/C35H34F3NS/c1-21(2)30-29-15-16-39-31(28-18-22(3)17-23(4)19-28)33(29)40-32(30)27-13-11-26(12-14-27)25-9-7-24(8-10-25)20-34(5,6)35(36,37)38/h7-19,21H,20H2,1-6H3. The van der Waals surface area contributed by atoms with E-state index in [1.807, 2.05) is 18.3 Å². The summed E-state index contributed by atoms with van der Waals surface area (Å²) in [6.07, 6.45) is -2.36. The van der Waals surface area contributed by atoms with Crippen LogP contribution in [0, 0.1) is 19.3 Å². The van der Waals surface area contributed by atoms with Crippen LogP contribution in [0.25, 0.3) is 42.9 Å². The lowest BCUT2D eigenvalue weighted by molar-refractivity contribution is -0.211. The van der Waals surface area contributed by atoms with E-state index in [9.17, 15) is 13.2 Å². The van der Waals surface area contributed by atoms with Crippen LogP contribution in [0.3, 0.4) is 0 Å². The molecule has 0 unspecified atom stereocenters. The van der Waals surface area contributed by atoms with E-state index in [4.69, 9.17) is 4.98 Å². The summed E-state index contributed by atoms with van der Waals surface area (Å²) in [7, 11) is 0. The second kappa shape index (κ2) is 10.5. The Kier molecular flexibility index (Phi) is 7.39. The fourth-order valence-corrected chi connectivity index (χ4v) is 6.86. The highest BCUT2D eigenvalue weighted by molar-refractivity contribution is 7.23. The van der Waals surface area contributed by atoms with Crippen molar-refractivity contribution in [2.75, 3.05) is 0 Å². The number of rotatable bonds is 6. The van der Waals surface area contributed by atoms with Crippen molar-refractivity contribution in [3.63, 3.8) is 0 Å². The Bertz CT molecular complexity index is 1640. The number of nitrogens with zero attached hydrogens (tertiary/aromatic N) is 1. The van der Waals surface area contributed by atoms with Gasteiger partial charge in [-0.1, -0.05) is 93.4 Å². The maximum atomic E-state index is 13.3. The molecule has 1 nitrogen and oxygen atoms in total. The molecule has 0 fully saturated rings. The minimum absolute atomic E-state index is 0.0431. The van der Waals surface area contributed by atoms with Crippen LogP contribution in [-0.2, 0) is 6.42 Å². The number of pyridine rings is 1. The number of hydrogen-bond acceptors (Lipinski definition) is 2. The zero-order valence-electron chi connectivity index (χ0n) is 23.8. The summed E-state index contributed by atoms with van der Waals surface area (Å²) in [5.74, 6) is 0.339. The van der Waals surface area contributed by atoms with Gasteiger partial charge >= 0.3 is 6.18 Å². The lowest BCUT2D eigenvalue weighted by Crippen LogP contribution is -2.34. The Hall–Kier alpha value is -3.44. The van der Waals surface area contributed by atoms with Gasteiger partial charge in [0, 0.05) is 22.0 Å². The molecule has 2 heterocycles. The molecule has 0 amide bonds. The average Bonchev–Trinajstić information content (AvgIpc) is 3.28. The van der Waals surface area contributed by atoms with Gasteiger partial charge in [0.2, 0.25) is 0 Å². The zero-order chi connectivity index (χ0) is 28.8. The molecule has 0 saturated carbocycles. The summed E-state index contributed by atoms with van der Waals surface area (Å²) in [5, 5.41) is 1.25. The van der Waals surface area contributed by atoms with E-state index < -0.39 is 11.6 Å². The highest BCUT2D eigenvalue weighted by Crippen LogP contribution is 2.46. The summed E-state index contributed by atoms with van der Waals surface area (Å²) < 4.78 is 41.2. The minimum Gasteiger partial charge on any atom is -0.255 e. The number of thiophene rings is 1. The number of aromatic nitrogens is 1. The van der Waals surface area contributed by atoms with Crippen LogP contribution < -0.4 is 0 Å². The normalized spacial score (nSPS) is 12.4. The number of fused-ring (bicyclic) bond motifs is 1. The maximum Gasteiger partial charge on any atom is 0.394 e. The third-order valence-corrected chi connectivity index (χ3v) is 8.84. The lowest BCUT2D eigenvalue weighted by atomic mass is 9.84. The lowest BCUT2D eigenvalue weighted by Gasteiger charge is -2.27. The molecule has 0 bridgehead atoms. The Morgan fingerprint density at radius 2 is 1.30 bits per heavy atom. The van der Waals surface area contributed by atoms with E-state index in [-0.39, 0.29) is 6.42 Å². The predicted molar refractivity (Wildman–Crippen MR) is 163 cm³/mol. The van der Waals surface area contributed by atoms with Gasteiger partial charge < -0.3 is 0 Å². The first-order chi connectivity index (χ1) is 18.8. The van der Waals surface area contributed by atoms with E-state index in [0.29, 0.717) is 11.5 Å². The molecule has 0 radical (unpaired) electrons. The molecule has 0 atom stereocenters. The number of aryl methyl sites for hydroxylation is 2. The average molecular weight is 558 g/mol. The predicted octanol–water partition coefficient (Wildman–Crippen LogP) is 11.2. The highest BCUT2D eigenvalue weighted by atomic mass is 32.1. The fourth-order valence-electron chi connectivity index (χ4n) is 5.39. The molecule has 206 valence electrons. The van der Waals surface area contributed by atoms with E-state index in [1.165, 1.54) is 45.5 Å². The van der Waals surface area contributed by atoms with Gasteiger partial charge in [-0.3, -0.25) is 4.98 Å². The van der Waals surface area contributed by atoms with Gasteiger partial charge in [0.25, 0.3) is 0 Å². The highest BCUT2D eigenvalue weighted by Gasteiger charge is 2.46. The van der Waals surface area contributed by atoms with Gasteiger partial charge in [-0.15, -0.1) is 11.3 Å². The van der Waals surface area contributed by atoms with Gasteiger partial charge in [0.15, 0.2) is 0 Å². The quantitative estimate of drug-likeness (QED) is 0.202. The number of hydrogen-bond donors (Lipinski definition) is 0. The Balaban J connectivity index is 1.49. The number of benzene rings is 3. The van der Waals surface area contributed by atoms with Crippen molar-refractivity contribution in [2.45, 2.75) is 60.1 Å². The van der Waals surface area contributed by atoms with Crippen molar-refractivity contribution < 1.29 is 13.2 Å². The molecule has 0 spiro atoms. The summed E-state index contributed by atoms with van der Waals surface area (Å²) in [6.45, 7) is 11.2. The van der Waals surface area contributed by atoms with Gasteiger partial charge in [-0.05, 0) is 72.2 Å². The molecule has 0 saturated heterocycles. The van der Waals surface area contributed by atoms with Gasteiger partial charge in [0.05, 0.1) is 15.8 Å². The van der Waals surface area contributed by atoms with Gasteiger partial charge in [-0.2, -0.15) is 13.2 Å². The molecule has 5 heteroatoms. The molecule has 0 aliphatic carbocycles. The minimum atomic E-state index is -4.24. The summed E-state index contributed by atoms with van der Waals surface area (Å²) >= 11 is 1.79. The van der Waals surface area contributed by atoms with E-state index >= 15 is 0 Å². The molecular weight excluding hydrogens is 523 g/mol. The van der Waals surface area contributed by atoms with Crippen molar-refractivity contribution in [3.05, 3.63) is 101 Å². The largest absolute Gasteiger partial charge is 0.394 e. The Labute approximate surface area is 238 Å². The van der Waals surface area contributed by atoms with Crippen LogP contribution in [0.2, 0.25) is 0 Å². The molecular formula is C35H34F3NS. The first-order valence-corrected chi connectivity index (χ1v) is 14.4.